The quantitative estimate of drug-likeness (QED) is 0.589. The van der Waals surface area contributed by atoms with Crippen LogP contribution in [0.15, 0.2) is 28.9 Å². The number of furan rings is 1. The highest BCUT2D eigenvalue weighted by Gasteiger charge is 2.03. The van der Waals surface area contributed by atoms with Crippen LogP contribution in [0.25, 0.3) is 11.0 Å². The van der Waals surface area contributed by atoms with Crippen LogP contribution in [0.4, 0.5) is 0 Å². The summed E-state index contributed by atoms with van der Waals surface area (Å²) < 4.78 is 5.20. The fourth-order valence-corrected chi connectivity index (χ4v) is 1.22. The van der Waals surface area contributed by atoms with Crippen molar-refractivity contribution in [3.05, 3.63) is 35.6 Å². The summed E-state index contributed by atoms with van der Waals surface area (Å²) in [5.41, 5.74) is 2.53. The minimum atomic E-state index is 0.602. The van der Waals surface area contributed by atoms with E-state index in [2.05, 4.69) is 6.07 Å². The fourth-order valence-electron chi connectivity index (χ4n) is 1.22. The van der Waals surface area contributed by atoms with Crippen LogP contribution >= 0.6 is 0 Å². The molecule has 1 heterocycles. The Morgan fingerprint density at radius 3 is 3.00 bits per heavy atom. The van der Waals surface area contributed by atoms with Crippen LogP contribution in [0.1, 0.15) is 11.1 Å². The van der Waals surface area contributed by atoms with Gasteiger partial charge in [-0.2, -0.15) is 5.26 Å². The molecule has 2 rings (SSSR count). The molecule has 0 N–H and O–H groups in total. The Hall–Kier alpha value is -1.75. The number of hydrogen-bond donors (Lipinski definition) is 0. The molecule has 1 aromatic heterocycles. The zero-order chi connectivity index (χ0) is 8.55. The van der Waals surface area contributed by atoms with Crippen molar-refractivity contribution in [2.45, 2.75) is 6.92 Å². The van der Waals surface area contributed by atoms with Gasteiger partial charge in [0, 0.05) is 5.39 Å². The van der Waals surface area contributed by atoms with Crippen molar-refractivity contribution in [1.82, 2.24) is 0 Å². The number of nitrogens with zero attached hydrogens (tertiary/aromatic N) is 1. The van der Waals surface area contributed by atoms with Gasteiger partial charge < -0.3 is 4.42 Å². The number of nitriles is 1. The number of aryl methyl sites for hydroxylation is 1. The summed E-state index contributed by atoms with van der Waals surface area (Å²) in [6, 6.07) is 7.88. The first-order valence-corrected chi connectivity index (χ1v) is 3.69. The number of rotatable bonds is 0. The second kappa shape index (κ2) is 2.38. The second-order valence-electron chi connectivity index (χ2n) is 2.76. The van der Waals surface area contributed by atoms with E-state index in [1.54, 1.807) is 0 Å². The Morgan fingerprint density at radius 2 is 2.25 bits per heavy atom. The van der Waals surface area contributed by atoms with Crippen LogP contribution in [0.3, 0.4) is 0 Å². The van der Waals surface area contributed by atoms with Crippen molar-refractivity contribution in [3.8, 4) is 6.07 Å². The van der Waals surface area contributed by atoms with Crippen LogP contribution in [0.5, 0.6) is 0 Å². The lowest BCUT2D eigenvalue weighted by molar-refractivity contribution is 0.614. The molecule has 0 saturated heterocycles. The molecule has 0 atom stereocenters. The molecule has 0 bridgehead atoms. The van der Waals surface area contributed by atoms with Gasteiger partial charge >= 0.3 is 0 Å². The summed E-state index contributed by atoms with van der Waals surface area (Å²) >= 11 is 0. The van der Waals surface area contributed by atoms with Crippen LogP contribution in [-0.4, -0.2) is 0 Å². The highest BCUT2D eigenvalue weighted by Crippen LogP contribution is 2.20. The summed E-state index contributed by atoms with van der Waals surface area (Å²) in [5.74, 6) is 0. The van der Waals surface area contributed by atoms with Crippen LogP contribution in [-0.2, 0) is 0 Å². The third-order valence-corrected chi connectivity index (χ3v) is 1.85. The smallest absolute Gasteiger partial charge is 0.135 e. The first-order chi connectivity index (χ1) is 5.81. The van der Waals surface area contributed by atoms with Gasteiger partial charge in [0.05, 0.1) is 5.56 Å². The van der Waals surface area contributed by atoms with Crippen LogP contribution in [0, 0.1) is 18.3 Å². The Morgan fingerprint density at radius 1 is 1.42 bits per heavy atom. The predicted octanol–water partition coefficient (Wildman–Crippen LogP) is 2.61. The van der Waals surface area contributed by atoms with Crippen molar-refractivity contribution in [1.29, 1.82) is 5.26 Å². The molecule has 12 heavy (non-hydrogen) atoms. The third kappa shape index (κ3) is 0.876. The molecule has 1 aromatic carbocycles. The van der Waals surface area contributed by atoms with Gasteiger partial charge in [-0.3, -0.25) is 0 Å². The molecule has 58 valence electrons. The van der Waals surface area contributed by atoms with E-state index >= 15 is 0 Å². The molecule has 0 saturated carbocycles. The Balaban J connectivity index is 2.84. The molecule has 0 radical (unpaired) electrons. The van der Waals surface area contributed by atoms with Gasteiger partial charge in [-0.25, -0.2) is 0 Å². The molecule has 0 spiro atoms. The van der Waals surface area contributed by atoms with Gasteiger partial charge in [0.2, 0.25) is 0 Å². The largest absolute Gasteiger partial charge is 0.463 e. The maximum Gasteiger partial charge on any atom is 0.135 e. The van der Waals surface area contributed by atoms with Gasteiger partial charge in [0.15, 0.2) is 0 Å². The van der Waals surface area contributed by atoms with Crippen LogP contribution in [0.2, 0.25) is 0 Å². The van der Waals surface area contributed by atoms with Gasteiger partial charge in [0.25, 0.3) is 0 Å². The van der Waals surface area contributed by atoms with Crippen molar-refractivity contribution < 1.29 is 4.42 Å². The molecule has 0 amide bonds. The summed E-state index contributed by atoms with van der Waals surface area (Å²) in [4.78, 5) is 0. The first-order valence-electron chi connectivity index (χ1n) is 3.69. The van der Waals surface area contributed by atoms with Gasteiger partial charge in [-0.15, -0.1) is 0 Å². The highest BCUT2D eigenvalue weighted by atomic mass is 16.3. The summed E-state index contributed by atoms with van der Waals surface area (Å²) in [7, 11) is 0. The molecule has 0 unspecified atom stereocenters. The number of hydrogen-bond acceptors (Lipinski definition) is 2. The maximum absolute atomic E-state index is 8.68. The lowest BCUT2D eigenvalue weighted by Gasteiger charge is -1.90. The summed E-state index contributed by atoms with van der Waals surface area (Å²) in [5, 5.41) is 9.58. The predicted molar refractivity (Wildman–Crippen MR) is 45.7 cm³/mol. The molecule has 0 fully saturated rings. The van der Waals surface area contributed by atoms with E-state index in [0.717, 1.165) is 16.5 Å². The van der Waals surface area contributed by atoms with E-state index in [1.807, 2.05) is 25.1 Å². The van der Waals surface area contributed by atoms with Gasteiger partial charge in [0.1, 0.15) is 17.9 Å². The first kappa shape index (κ1) is 6.93. The van der Waals surface area contributed by atoms with Crippen LogP contribution < -0.4 is 0 Å². The number of benzene rings is 1. The Bertz CT molecular complexity index is 462. The zero-order valence-corrected chi connectivity index (χ0v) is 6.66. The molecule has 2 aromatic rings. The molecule has 0 aliphatic heterocycles. The monoisotopic (exact) mass is 157 g/mol. The van der Waals surface area contributed by atoms with E-state index in [4.69, 9.17) is 9.68 Å². The normalized spacial score (nSPS) is 10.0. The molecule has 0 aliphatic carbocycles. The fraction of sp³-hybridized carbons (Fsp3) is 0.100. The van der Waals surface area contributed by atoms with Crippen molar-refractivity contribution in [2.24, 2.45) is 0 Å². The highest BCUT2D eigenvalue weighted by molar-refractivity contribution is 5.83. The maximum atomic E-state index is 8.68. The second-order valence-corrected chi connectivity index (χ2v) is 2.76. The van der Waals surface area contributed by atoms with Gasteiger partial charge in [-0.05, 0) is 24.6 Å². The van der Waals surface area contributed by atoms with Gasteiger partial charge in [-0.1, -0.05) is 6.07 Å². The SMILES string of the molecule is Cc1ccc2c(C#N)coc2c1. The van der Waals surface area contributed by atoms with Crippen molar-refractivity contribution in [2.75, 3.05) is 0 Å². The van der Waals surface area contributed by atoms with Crippen molar-refractivity contribution in [3.63, 3.8) is 0 Å². The molecule has 2 heteroatoms. The average Bonchev–Trinajstić information content (AvgIpc) is 2.46. The molecular weight excluding hydrogens is 150 g/mol. The summed E-state index contributed by atoms with van der Waals surface area (Å²) in [6.45, 7) is 1.99. The lowest BCUT2D eigenvalue weighted by Crippen LogP contribution is -1.71. The third-order valence-electron chi connectivity index (χ3n) is 1.85. The number of fused-ring (bicyclic) bond motifs is 1. The Labute approximate surface area is 70.0 Å². The van der Waals surface area contributed by atoms with Crippen molar-refractivity contribution >= 4 is 11.0 Å². The average molecular weight is 157 g/mol. The lowest BCUT2D eigenvalue weighted by atomic mass is 10.1. The standard InChI is InChI=1S/C10H7NO/c1-7-2-3-9-8(5-11)6-12-10(9)4-7/h2-4,6H,1H3. The minimum absolute atomic E-state index is 0.602. The molecule has 2 nitrogen and oxygen atoms in total. The molecular formula is C10H7NO. The van der Waals surface area contributed by atoms with E-state index in [-0.39, 0.29) is 0 Å². The topological polar surface area (TPSA) is 36.9 Å². The Kier molecular flexibility index (Phi) is 1.38. The molecule has 0 aliphatic rings. The van der Waals surface area contributed by atoms with E-state index in [0.29, 0.717) is 5.56 Å². The zero-order valence-electron chi connectivity index (χ0n) is 6.66. The van der Waals surface area contributed by atoms with E-state index in [1.165, 1.54) is 6.26 Å². The minimum Gasteiger partial charge on any atom is -0.463 e. The summed E-state index contributed by atoms with van der Waals surface area (Å²) in [6.07, 6.45) is 1.49. The van der Waals surface area contributed by atoms with E-state index in [9.17, 15) is 0 Å². The van der Waals surface area contributed by atoms with E-state index < -0.39 is 0 Å².